The molecule has 6 nitrogen and oxygen atoms in total. The van der Waals surface area contributed by atoms with E-state index in [0.717, 1.165) is 10.9 Å². The topological polar surface area (TPSA) is 83.2 Å². The third-order valence-corrected chi connectivity index (χ3v) is 6.77. The predicted octanol–water partition coefficient (Wildman–Crippen LogP) is 7.31. The zero-order valence-electron chi connectivity index (χ0n) is 22.5. The molecule has 4 aromatic rings. The number of fused-ring (bicyclic) bond motifs is 1. The van der Waals surface area contributed by atoms with Gasteiger partial charge in [0, 0.05) is 23.5 Å². The maximum absolute atomic E-state index is 13.6. The van der Waals surface area contributed by atoms with E-state index in [1.54, 1.807) is 54.7 Å². The molecule has 0 radical (unpaired) electrons. The summed E-state index contributed by atoms with van der Waals surface area (Å²) in [6.07, 6.45) is -9.46. The van der Waals surface area contributed by atoms with E-state index in [1.807, 2.05) is 6.07 Å². The molecule has 1 aromatic heterocycles. The number of alkyl halides is 6. The van der Waals surface area contributed by atoms with Crippen molar-refractivity contribution < 1.29 is 40.7 Å². The highest BCUT2D eigenvalue weighted by molar-refractivity contribution is 5.91. The monoisotopic (exact) mass is 591 g/mol. The highest BCUT2D eigenvalue weighted by Crippen LogP contribution is 2.37. The molecule has 0 aliphatic heterocycles. The van der Waals surface area contributed by atoms with E-state index in [-0.39, 0.29) is 19.1 Å². The van der Waals surface area contributed by atoms with Gasteiger partial charge in [-0.05, 0) is 54.8 Å². The van der Waals surface area contributed by atoms with Crippen LogP contribution in [0.2, 0.25) is 0 Å². The number of aromatic nitrogens is 1. The van der Waals surface area contributed by atoms with Crippen LogP contribution in [0.25, 0.3) is 10.9 Å². The summed E-state index contributed by atoms with van der Waals surface area (Å²) in [6.45, 7) is 2.56. The summed E-state index contributed by atoms with van der Waals surface area (Å²) < 4.78 is 85.8. The van der Waals surface area contributed by atoms with Gasteiger partial charge < -0.3 is 20.4 Å². The lowest BCUT2D eigenvalue weighted by Gasteiger charge is -2.31. The molecule has 2 unspecified atom stereocenters. The number of hydrogen-bond donors (Lipinski definition) is 3. The van der Waals surface area contributed by atoms with Crippen molar-refractivity contribution in [3.8, 4) is 0 Å². The second-order valence-corrected chi connectivity index (χ2v) is 10.1. The molecule has 42 heavy (non-hydrogen) atoms. The summed E-state index contributed by atoms with van der Waals surface area (Å²) in [7, 11) is 0. The Balaban J connectivity index is 1.62. The number of ether oxygens (including phenoxy) is 1. The van der Waals surface area contributed by atoms with Gasteiger partial charge in [-0.25, -0.2) is 4.79 Å². The van der Waals surface area contributed by atoms with E-state index in [4.69, 9.17) is 4.74 Å². The third-order valence-electron chi connectivity index (χ3n) is 6.77. The molecule has 3 N–H and O–H groups in total. The number of carbonyl (C=O) groups is 2. The Bertz CT molecular complexity index is 1530. The molecule has 0 bridgehead atoms. The lowest BCUT2D eigenvalue weighted by molar-refractivity contribution is -0.143. The van der Waals surface area contributed by atoms with Crippen LogP contribution in [0, 0.1) is 0 Å². The van der Waals surface area contributed by atoms with Gasteiger partial charge in [0.05, 0.1) is 17.2 Å². The molecule has 1 heterocycles. The van der Waals surface area contributed by atoms with Crippen LogP contribution in [0.4, 0.5) is 31.1 Å². The quantitative estimate of drug-likeness (QED) is 0.188. The summed E-state index contributed by atoms with van der Waals surface area (Å²) >= 11 is 0. The number of H-pyrrole nitrogens is 1. The van der Waals surface area contributed by atoms with Crippen molar-refractivity contribution >= 4 is 22.9 Å². The number of rotatable bonds is 8. The van der Waals surface area contributed by atoms with Crippen molar-refractivity contribution in [1.82, 2.24) is 15.6 Å². The van der Waals surface area contributed by atoms with E-state index in [9.17, 15) is 35.9 Å². The fraction of sp³-hybridized carbons (Fsp3) is 0.267. The number of alkyl carbamates (subject to hydrolysis) is 1. The Kier molecular flexibility index (Phi) is 8.55. The van der Waals surface area contributed by atoms with Gasteiger partial charge in [0.1, 0.15) is 12.1 Å². The first kappa shape index (κ1) is 30.5. The van der Waals surface area contributed by atoms with Crippen LogP contribution >= 0.6 is 0 Å². The van der Waals surface area contributed by atoms with Crippen molar-refractivity contribution in [1.29, 1.82) is 0 Å². The predicted molar refractivity (Wildman–Crippen MR) is 143 cm³/mol. The minimum absolute atomic E-state index is 0.0173. The van der Waals surface area contributed by atoms with Gasteiger partial charge in [-0.1, -0.05) is 48.5 Å². The van der Waals surface area contributed by atoms with Crippen LogP contribution < -0.4 is 10.6 Å². The molecule has 0 saturated carbocycles. The van der Waals surface area contributed by atoms with Gasteiger partial charge in [-0.3, -0.25) is 4.79 Å². The van der Waals surface area contributed by atoms with Crippen molar-refractivity contribution in [2.75, 3.05) is 0 Å². The molecule has 0 aliphatic rings. The van der Waals surface area contributed by atoms with Crippen LogP contribution in [-0.2, 0) is 34.9 Å². The van der Waals surface area contributed by atoms with E-state index in [0.29, 0.717) is 23.3 Å². The molecule has 2 atom stereocenters. The van der Waals surface area contributed by atoms with Crippen LogP contribution in [0.3, 0.4) is 0 Å². The average Bonchev–Trinajstić information content (AvgIpc) is 3.33. The molecule has 4 rings (SSSR count). The first-order chi connectivity index (χ1) is 19.7. The number of amides is 2. The average molecular weight is 592 g/mol. The van der Waals surface area contributed by atoms with Gasteiger partial charge in [0.2, 0.25) is 5.91 Å². The largest absolute Gasteiger partial charge is 0.445 e. The van der Waals surface area contributed by atoms with Crippen LogP contribution in [-0.4, -0.2) is 22.5 Å². The lowest BCUT2D eigenvalue weighted by Crippen LogP contribution is -2.58. The van der Waals surface area contributed by atoms with Crippen LogP contribution in [0.5, 0.6) is 0 Å². The van der Waals surface area contributed by atoms with Gasteiger partial charge >= 0.3 is 18.4 Å². The van der Waals surface area contributed by atoms with Crippen molar-refractivity contribution in [3.63, 3.8) is 0 Å². The number of para-hydroxylation sites is 1. The smallest absolute Gasteiger partial charge is 0.416 e. The van der Waals surface area contributed by atoms with E-state index in [2.05, 4.69) is 15.6 Å². The highest BCUT2D eigenvalue weighted by Gasteiger charge is 2.40. The maximum atomic E-state index is 13.6. The number of carbonyl (C=O) groups excluding carboxylic acids is 2. The second-order valence-electron chi connectivity index (χ2n) is 10.1. The minimum atomic E-state index is -5.05. The highest BCUT2D eigenvalue weighted by atomic mass is 19.4. The van der Waals surface area contributed by atoms with Crippen LogP contribution in [0.15, 0.2) is 79.0 Å². The maximum Gasteiger partial charge on any atom is 0.416 e. The van der Waals surface area contributed by atoms with E-state index >= 15 is 0 Å². The molecular formula is C30H27F6N3O3. The molecule has 12 heteroatoms. The fourth-order valence-electron chi connectivity index (χ4n) is 4.49. The Morgan fingerprint density at radius 1 is 0.881 bits per heavy atom. The normalized spacial score (nSPS) is 14.2. The molecular weight excluding hydrogens is 564 g/mol. The number of halogens is 6. The van der Waals surface area contributed by atoms with Crippen LogP contribution in [0.1, 0.15) is 47.7 Å². The summed E-state index contributed by atoms with van der Waals surface area (Å²) in [5.41, 5.74) is -3.05. The Labute approximate surface area is 237 Å². The first-order valence-corrected chi connectivity index (χ1v) is 12.8. The van der Waals surface area contributed by atoms with Crippen molar-refractivity contribution in [2.45, 2.75) is 50.8 Å². The molecule has 0 fully saturated rings. The zero-order valence-corrected chi connectivity index (χ0v) is 22.5. The standard InChI is InChI=1S/C30H27F6N3O3/c1-18(20-12-22(29(31,32)33)14-23(13-20)30(34,35)36)38-26(40)28(2,15-21-16-37-25-11-7-6-10-24(21)25)39-27(41)42-17-19-8-4-3-5-9-19/h3-14,16,18,37H,15,17H2,1-2H3,(H,38,40)(H,39,41). The fourth-order valence-corrected chi connectivity index (χ4v) is 4.49. The minimum Gasteiger partial charge on any atom is -0.445 e. The molecule has 3 aromatic carbocycles. The first-order valence-electron chi connectivity index (χ1n) is 12.8. The Morgan fingerprint density at radius 2 is 1.48 bits per heavy atom. The van der Waals surface area contributed by atoms with E-state index < -0.39 is 52.6 Å². The molecule has 2 amide bonds. The molecule has 0 aliphatic carbocycles. The molecule has 0 spiro atoms. The Morgan fingerprint density at radius 3 is 2.10 bits per heavy atom. The SMILES string of the molecule is CC(NC(=O)C(C)(Cc1c[nH]c2ccccc12)NC(=O)OCc1ccccc1)c1cc(C(F)(F)F)cc(C(F)(F)F)c1. The van der Waals surface area contributed by atoms with Gasteiger partial charge in [0.15, 0.2) is 0 Å². The van der Waals surface area contributed by atoms with E-state index in [1.165, 1.54) is 13.8 Å². The zero-order chi connectivity index (χ0) is 30.7. The van der Waals surface area contributed by atoms with Gasteiger partial charge in [-0.2, -0.15) is 26.3 Å². The third kappa shape index (κ3) is 7.23. The number of hydrogen-bond acceptors (Lipinski definition) is 3. The van der Waals surface area contributed by atoms with Crippen molar-refractivity contribution in [3.05, 3.63) is 107 Å². The lowest BCUT2D eigenvalue weighted by atomic mass is 9.90. The summed E-state index contributed by atoms with van der Waals surface area (Å²) in [5.74, 6) is -0.845. The summed E-state index contributed by atoms with van der Waals surface area (Å²) in [5, 5.41) is 5.79. The summed E-state index contributed by atoms with van der Waals surface area (Å²) in [4.78, 5) is 29.5. The molecule has 0 saturated heterocycles. The number of aromatic amines is 1. The molecule has 222 valence electrons. The van der Waals surface area contributed by atoms with Gasteiger partial charge in [-0.15, -0.1) is 0 Å². The number of benzene rings is 3. The summed E-state index contributed by atoms with van der Waals surface area (Å²) in [6, 6.07) is 15.8. The van der Waals surface area contributed by atoms with Crippen molar-refractivity contribution in [2.24, 2.45) is 0 Å². The number of nitrogens with one attached hydrogen (secondary N) is 3. The second kappa shape index (κ2) is 11.8. The Hall–Kier alpha value is -4.48. The van der Waals surface area contributed by atoms with Gasteiger partial charge in [0.25, 0.3) is 0 Å².